The maximum atomic E-state index is 12.8. The summed E-state index contributed by atoms with van der Waals surface area (Å²) in [5, 5.41) is 15.6. The van der Waals surface area contributed by atoms with Crippen LogP contribution in [0.15, 0.2) is 54.7 Å². The van der Waals surface area contributed by atoms with Crippen LogP contribution in [0, 0.1) is 10.1 Å². The van der Waals surface area contributed by atoms with Gasteiger partial charge in [-0.05, 0) is 68.3 Å². The number of hydrogen-bond donors (Lipinski definition) is 1. The molecule has 1 amide bonds. The molecule has 3 aromatic rings. The Morgan fingerprint density at radius 3 is 2.61 bits per heavy atom. The predicted molar refractivity (Wildman–Crippen MR) is 119 cm³/mol. The monoisotopic (exact) mass is 420 g/mol. The molecule has 0 aliphatic carbocycles. The molecule has 2 heterocycles. The van der Waals surface area contributed by atoms with Crippen molar-refractivity contribution >= 4 is 28.2 Å². The summed E-state index contributed by atoms with van der Waals surface area (Å²) in [5.74, 6) is 0.735. The number of piperidine rings is 1. The van der Waals surface area contributed by atoms with Gasteiger partial charge in [-0.2, -0.15) is 0 Å². The number of carbonyl (C=O) groups is 1. The molecule has 0 radical (unpaired) electrons. The van der Waals surface area contributed by atoms with Crippen molar-refractivity contribution in [2.45, 2.75) is 25.8 Å². The molecule has 1 aliphatic heterocycles. The Kier molecular flexibility index (Phi) is 5.97. The second kappa shape index (κ2) is 8.99. The molecule has 0 bridgehead atoms. The van der Waals surface area contributed by atoms with Crippen molar-refractivity contribution in [3.05, 3.63) is 70.4 Å². The first-order chi connectivity index (χ1) is 15.1. The van der Waals surface area contributed by atoms with Crippen LogP contribution >= 0.6 is 0 Å². The molecular weight excluding hydrogens is 396 g/mol. The molecule has 1 fully saturated rings. The SMILES string of the molecule is CCOc1ccc(C(=O)N2CCC(Nc3ccc4ncccc4c3[N+](=O)[O-])CC2)cc1. The zero-order valence-corrected chi connectivity index (χ0v) is 17.3. The topological polar surface area (TPSA) is 97.6 Å². The predicted octanol–water partition coefficient (Wildman–Crippen LogP) is 4.26. The number of hydrogen-bond acceptors (Lipinski definition) is 6. The summed E-state index contributed by atoms with van der Waals surface area (Å²) in [4.78, 5) is 30.2. The number of benzene rings is 2. The lowest BCUT2D eigenvalue weighted by Gasteiger charge is -2.33. The van der Waals surface area contributed by atoms with Crippen LogP contribution in [-0.2, 0) is 0 Å². The number of nitrogens with one attached hydrogen (secondary N) is 1. The third-order valence-corrected chi connectivity index (χ3v) is 5.49. The number of pyridine rings is 1. The van der Waals surface area contributed by atoms with Gasteiger partial charge in [-0.15, -0.1) is 0 Å². The summed E-state index contributed by atoms with van der Waals surface area (Å²) >= 11 is 0. The lowest BCUT2D eigenvalue weighted by atomic mass is 10.0. The molecule has 8 heteroatoms. The molecule has 1 aromatic heterocycles. The van der Waals surface area contributed by atoms with Crippen molar-refractivity contribution in [1.29, 1.82) is 0 Å². The van der Waals surface area contributed by atoms with E-state index in [4.69, 9.17) is 4.74 Å². The molecule has 1 N–H and O–H groups in total. The zero-order valence-electron chi connectivity index (χ0n) is 17.3. The molecule has 0 saturated carbocycles. The third-order valence-electron chi connectivity index (χ3n) is 5.49. The van der Waals surface area contributed by atoms with Gasteiger partial charge in [0.05, 0.1) is 22.4 Å². The van der Waals surface area contributed by atoms with E-state index in [-0.39, 0.29) is 22.6 Å². The quantitative estimate of drug-likeness (QED) is 0.473. The van der Waals surface area contributed by atoms with Gasteiger partial charge in [0.25, 0.3) is 5.91 Å². The van der Waals surface area contributed by atoms with Gasteiger partial charge in [0, 0.05) is 30.9 Å². The van der Waals surface area contributed by atoms with Crippen molar-refractivity contribution in [2.75, 3.05) is 25.0 Å². The highest BCUT2D eigenvalue weighted by molar-refractivity contribution is 5.95. The first-order valence-electron chi connectivity index (χ1n) is 10.4. The van der Waals surface area contributed by atoms with E-state index in [0.717, 1.165) is 5.75 Å². The molecule has 2 aromatic carbocycles. The smallest absolute Gasteiger partial charge is 0.301 e. The molecule has 1 saturated heterocycles. The summed E-state index contributed by atoms with van der Waals surface area (Å²) in [5.41, 5.74) is 1.75. The molecule has 0 spiro atoms. The maximum absolute atomic E-state index is 12.8. The standard InChI is InChI=1S/C23H24N4O4/c1-2-31-18-7-5-16(6-8-18)23(28)26-14-11-17(12-15-26)25-21-10-9-20-19(4-3-13-24-20)22(21)27(29)30/h3-10,13,17,25H,2,11-12,14-15H2,1H3. The average Bonchev–Trinajstić information content (AvgIpc) is 2.79. The van der Waals surface area contributed by atoms with Crippen molar-refractivity contribution in [1.82, 2.24) is 9.88 Å². The number of nitro groups is 1. The third kappa shape index (κ3) is 4.42. The number of ether oxygens (including phenoxy) is 1. The average molecular weight is 420 g/mol. The summed E-state index contributed by atoms with van der Waals surface area (Å²) in [6.45, 7) is 3.68. The van der Waals surface area contributed by atoms with Crippen LogP contribution in [0.4, 0.5) is 11.4 Å². The number of carbonyl (C=O) groups excluding carboxylic acids is 1. The highest BCUT2D eigenvalue weighted by Crippen LogP contribution is 2.33. The van der Waals surface area contributed by atoms with E-state index in [1.807, 2.05) is 11.8 Å². The van der Waals surface area contributed by atoms with Crippen LogP contribution in [0.5, 0.6) is 5.75 Å². The molecule has 8 nitrogen and oxygen atoms in total. The first-order valence-corrected chi connectivity index (χ1v) is 10.4. The van der Waals surface area contributed by atoms with E-state index in [2.05, 4.69) is 10.3 Å². The van der Waals surface area contributed by atoms with Crippen LogP contribution < -0.4 is 10.1 Å². The summed E-state index contributed by atoms with van der Waals surface area (Å²) in [6.07, 6.45) is 3.05. The zero-order chi connectivity index (χ0) is 21.8. The van der Waals surface area contributed by atoms with Crippen molar-refractivity contribution < 1.29 is 14.5 Å². The minimum Gasteiger partial charge on any atom is -0.494 e. The summed E-state index contributed by atoms with van der Waals surface area (Å²) < 4.78 is 5.42. The van der Waals surface area contributed by atoms with Crippen LogP contribution in [0.3, 0.4) is 0 Å². The van der Waals surface area contributed by atoms with Crippen molar-refractivity contribution in [2.24, 2.45) is 0 Å². The normalized spacial score (nSPS) is 14.4. The highest BCUT2D eigenvalue weighted by atomic mass is 16.6. The van der Waals surface area contributed by atoms with E-state index in [1.165, 1.54) is 0 Å². The second-order valence-corrected chi connectivity index (χ2v) is 7.46. The van der Waals surface area contributed by atoms with Gasteiger partial charge in [0.15, 0.2) is 0 Å². The number of rotatable bonds is 6. The number of fused-ring (bicyclic) bond motifs is 1. The maximum Gasteiger partial charge on any atom is 0.301 e. The van der Waals surface area contributed by atoms with Gasteiger partial charge < -0.3 is 15.0 Å². The minimum atomic E-state index is -0.364. The van der Waals surface area contributed by atoms with E-state index in [1.54, 1.807) is 54.7 Å². The Morgan fingerprint density at radius 2 is 1.94 bits per heavy atom. The summed E-state index contributed by atoms with van der Waals surface area (Å²) in [7, 11) is 0. The summed E-state index contributed by atoms with van der Waals surface area (Å²) in [6, 6.07) is 14.1. The second-order valence-electron chi connectivity index (χ2n) is 7.46. The Labute approximate surface area is 180 Å². The Balaban J connectivity index is 1.42. The number of amides is 1. The van der Waals surface area contributed by atoms with Gasteiger partial charge in [0.1, 0.15) is 11.4 Å². The molecule has 0 unspecified atom stereocenters. The van der Waals surface area contributed by atoms with Crippen LogP contribution in [0.2, 0.25) is 0 Å². The molecule has 0 atom stereocenters. The fourth-order valence-electron chi connectivity index (χ4n) is 3.94. The number of nitro benzene ring substituents is 1. The Morgan fingerprint density at radius 1 is 1.19 bits per heavy atom. The highest BCUT2D eigenvalue weighted by Gasteiger charge is 2.26. The molecule has 4 rings (SSSR count). The number of likely N-dealkylation sites (tertiary alicyclic amines) is 1. The Hall–Kier alpha value is -3.68. The van der Waals surface area contributed by atoms with Crippen molar-refractivity contribution in [3.63, 3.8) is 0 Å². The van der Waals surface area contributed by atoms with Gasteiger partial charge in [-0.25, -0.2) is 0 Å². The van der Waals surface area contributed by atoms with Gasteiger partial charge in [0.2, 0.25) is 0 Å². The fourth-order valence-corrected chi connectivity index (χ4v) is 3.94. The lowest BCUT2D eigenvalue weighted by molar-refractivity contribution is -0.382. The fraction of sp³-hybridized carbons (Fsp3) is 0.304. The van der Waals surface area contributed by atoms with Crippen LogP contribution in [-0.4, -0.2) is 46.5 Å². The van der Waals surface area contributed by atoms with Gasteiger partial charge >= 0.3 is 5.69 Å². The minimum absolute atomic E-state index is 0.00995. The van der Waals surface area contributed by atoms with Gasteiger partial charge in [-0.1, -0.05) is 0 Å². The molecule has 1 aliphatic rings. The first kappa shape index (κ1) is 20.6. The van der Waals surface area contributed by atoms with Crippen LogP contribution in [0.25, 0.3) is 10.9 Å². The molecular formula is C23H24N4O4. The van der Waals surface area contributed by atoms with E-state index in [9.17, 15) is 14.9 Å². The van der Waals surface area contributed by atoms with Gasteiger partial charge in [-0.3, -0.25) is 19.9 Å². The van der Waals surface area contributed by atoms with Crippen LogP contribution in [0.1, 0.15) is 30.1 Å². The van der Waals surface area contributed by atoms with E-state index in [0.29, 0.717) is 54.7 Å². The van der Waals surface area contributed by atoms with E-state index < -0.39 is 0 Å². The number of nitrogens with zero attached hydrogens (tertiary/aromatic N) is 3. The lowest BCUT2D eigenvalue weighted by Crippen LogP contribution is -2.42. The molecule has 160 valence electrons. The van der Waals surface area contributed by atoms with Crippen molar-refractivity contribution in [3.8, 4) is 5.75 Å². The number of aromatic nitrogens is 1. The Bertz CT molecular complexity index is 1090. The molecule has 31 heavy (non-hydrogen) atoms. The number of anilines is 1. The largest absolute Gasteiger partial charge is 0.494 e. The van der Waals surface area contributed by atoms with E-state index >= 15 is 0 Å².